The topological polar surface area (TPSA) is 30.0 Å². The van der Waals surface area contributed by atoms with E-state index in [1.54, 1.807) is 12.3 Å². The van der Waals surface area contributed by atoms with Crippen LogP contribution in [0, 0.1) is 13.8 Å². The van der Waals surface area contributed by atoms with Crippen molar-refractivity contribution in [3.63, 3.8) is 0 Å². The highest BCUT2D eigenvalue weighted by atomic mass is 16.1. The van der Waals surface area contributed by atoms with Crippen LogP contribution in [0.3, 0.4) is 0 Å². The van der Waals surface area contributed by atoms with E-state index in [4.69, 9.17) is 0 Å². The van der Waals surface area contributed by atoms with Gasteiger partial charge in [-0.1, -0.05) is 71.8 Å². The minimum absolute atomic E-state index is 0.0892. The van der Waals surface area contributed by atoms with Crippen LogP contribution in [0.4, 0.5) is 0 Å². The first kappa shape index (κ1) is 15.9. The normalized spacial score (nSPS) is 10.9. The molecule has 3 aromatic rings. The zero-order chi connectivity index (χ0) is 16.9. The number of benzene rings is 2. The molecule has 1 heterocycles. The first-order chi connectivity index (χ1) is 11.6. The van der Waals surface area contributed by atoms with Crippen molar-refractivity contribution in [3.05, 3.63) is 95.3 Å². The van der Waals surface area contributed by atoms with Crippen molar-refractivity contribution >= 4 is 11.9 Å². The van der Waals surface area contributed by atoms with E-state index in [0.29, 0.717) is 5.69 Å². The van der Waals surface area contributed by atoms with E-state index in [0.717, 1.165) is 16.7 Å². The number of hydrogen-bond donors (Lipinski definition) is 0. The Hall–Kier alpha value is -3.00. The lowest BCUT2D eigenvalue weighted by Crippen LogP contribution is -2.01. The van der Waals surface area contributed by atoms with Crippen molar-refractivity contribution in [2.75, 3.05) is 0 Å². The highest BCUT2D eigenvalue weighted by Gasteiger charge is 2.12. The van der Waals surface area contributed by atoms with E-state index in [2.05, 4.69) is 37.0 Å². The molecule has 0 N–H and O–H groups in total. The fourth-order valence-electron chi connectivity index (χ4n) is 2.78. The SMILES string of the molecule is Cc1cc(C)cc(-c2cccnc2C(=O)C=Cc2ccccc2)c1. The average Bonchev–Trinajstić information content (AvgIpc) is 2.60. The van der Waals surface area contributed by atoms with Gasteiger partial charge in [-0.05, 0) is 37.1 Å². The summed E-state index contributed by atoms with van der Waals surface area (Å²) < 4.78 is 0. The van der Waals surface area contributed by atoms with Crippen LogP contribution in [0.15, 0.2) is 72.9 Å². The van der Waals surface area contributed by atoms with Crippen LogP contribution in [0.5, 0.6) is 0 Å². The van der Waals surface area contributed by atoms with Crippen molar-refractivity contribution in [1.29, 1.82) is 0 Å². The molecule has 0 unspecified atom stereocenters. The molecule has 0 spiro atoms. The molecule has 0 aliphatic heterocycles. The molecule has 0 amide bonds. The Morgan fingerprint density at radius 2 is 1.62 bits per heavy atom. The lowest BCUT2D eigenvalue weighted by molar-refractivity contribution is 0.104. The Labute approximate surface area is 142 Å². The largest absolute Gasteiger partial charge is 0.288 e. The van der Waals surface area contributed by atoms with Gasteiger partial charge in [0, 0.05) is 11.8 Å². The van der Waals surface area contributed by atoms with Gasteiger partial charge in [-0.25, -0.2) is 0 Å². The molecule has 0 aliphatic rings. The molecule has 0 aliphatic carbocycles. The molecule has 118 valence electrons. The summed E-state index contributed by atoms with van der Waals surface area (Å²) in [5.74, 6) is -0.0892. The first-order valence-corrected chi connectivity index (χ1v) is 7.94. The summed E-state index contributed by atoms with van der Waals surface area (Å²) in [4.78, 5) is 17.0. The monoisotopic (exact) mass is 313 g/mol. The molecular formula is C22H19NO. The number of hydrogen-bond acceptors (Lipinski definition) is 2. The second-order valence-electron chi connectivity index (χ2n) is 5.88. The third-order valence-corrected chi connectivity index (χ3v) is 3.80. The molecule has 0 radical (unpaired) electrons. The number of aromatic nitrogens is 1. The number of carbonyl (C=O) groups is 1. The molecule has 0 bridgehead atoms. The molecule has 2 aromatic carbocycles. The molecule has 0 atom stereocenters. The second kappa shape index (κ2) is 7.05. The van der Waals surface area contributed by atoms with Crippen LogP contribution in [0.2, 0.25) is 0 Å². The lowest BCUT2D eigenvalue weighted by Gasteiger charge is -2.08. The first-order valence-electron chi connectivity index (χ1n) is 7.94. The van der Waals surface area contributed by atoms with Crippen molar-refractivity contribution in [3.8, 4) is 11.1 Å². The van der Waals surface area contributed by atoms with E-state index in [1.165, 1.54) is 11.1 Å². The minimum Gasteiger partial charge on any atom is -0.288 e. The standard InChI is InChI=1S/C22H19NO/c1-16-13-17(2)15-19(14-16)20-9-6-12-23-22(20)21(24)11-10-18-7-4-3-5-8-18/h3-15H,1-2H3. The molecular weight excluding hydrogens is 294 g/mol. The summed E-state index contributed by atoms with van der Waals surface area (Å²) in [7, 11) is 0. The summed E-state index contributed by atoms with van der Waals surface area (Å²) in [5.41, 5.74) is 5.72. The number of rotatable bonds is 4. The maximum absolute atomic E-state index is 12.6. The van der Waals surface area contributed by atoms with E-state index in [1.807, 2.05) is 48.5 Å². The summed E-state index contributed by atoms with van der Waals surface area (Å²) in [5, 5.41) is 0. The Morgan fingerprint density at radius 3 is 2.33 bits per heavy atom. The summed E-state index contributed by atoms with van der Waals surface area (Å²) >= 11 is 0. The van der Waals surface area contributed by atoms with Gasteiger partial charge in [-0.2, -0.15) is 0 Å². The third-order valence-electron chi connectivity index (χ3n) is 3.80. The van der Waals surface area contributed by atoms with Crippen LogP contribution in [0.1, 0.15) is 27.2 Å². The number of allylic oxidation sites excluding steroid dienone is 1. The van der Waals surface area contributed by atoms with Gasteiger partial charge in [0.05, 0.1) is 0 Å². The van der Waals surface area contributed by atoms with Gasteiger partial charge < -0.3 is 0 Å². The van der Waals surface area contributed by atoms with Crippen molar-refractivity contribution in [2.45, 2.75) is 13.8 Å². The van der Waals surface area contributed by atoms with Crippen molar-refractivity contribution in [2.24, 2.45) is 0 Å². The number of nitrogens with zero attached hydrogens (tertiary/aromatic N) is 1. The zero-order valence-corrected chi connectivity index (χ0v) is 13.9. The number of pyridine rings is 1. The molecule has 0 fully saturated rings. The Balaban J connectivity index is 1.97. The number of carbonyl (C=O) groups excluding carboxylic acids is 1. The van der Waals surface area contributed by atoms with Gasteiger partial charge in [-0.3, -0.25) is 9.78 Å². The molecule has 3 rings (SSSR count). The fourth-order valence-corrected chi connectivity index (χ4v) is 2.78. The Morgan fingerprint density at radius 1 is 0.917 bits per heavy atom. The Bertz CT molecular complexity index is 875. The number of aryl methyl sites for hydroxylation is 2. The number of ketones is 1. The van der Waals surface area contributed by atoms with Crippen molar-refractivity contribution < 1.29 is 4.79 Å². The van der Waals surface area contributed by atoms with Gasteiger partial charge >= 0.3 is 0 Å². The van der Waals surface area contributed by atoms with Gasteiger partial charge in [-0.15, -0.1) is 0 Å². The van der Waals surface area contributed by atoms with E-state index >= 15 is 0 Å². The predicted molar refractivity (Wildman–Crippen MR) is 99.0 cm³/mol. The second-order valence-corrected chi connectivity index (χ2v) is 5.88. The average molecular weight is 313 g/mol. The van der Waals surface area contributed by atoms with Crippen LogP contribution >= 0.6 is 0 Å². The van der Waals surface area contributed by atoms with E-state index in [9.17, 15) is 4.79 Å². The maximum Gasteiger partial charge on any atom is 0.204 e. The van der Waals surface area contributed by atoms with Crippen LogP contribution < -0.4 is 0 Å². The highest BCUT2D eigenvalue weighted by molar-refractivity contribution is 6.09. The molecule has 0 saturated heterocycles. The van der Waals surface area contributed by atoms with Gasteiger partial charge in [0.2, 0.25) is 5.78 Å². The third kappa shape index (κ3) is 3.66. The summed E-state index contributed by atoms with van der Waals surface area (Å²) in [6, 6.07) is 19.9. The summed E-state index contributed by atoms with van der Waals surface area (Å²) in [6.45, 7) is 4.12. The van der Waals surface area contributed by atoms with Gasteiger partial charge in [0.1, 0.15) is 5.69 Å². The maximum atomic E-state index is 12.6. The minimum atomic E-state index is -0.0892. The van der Waals surface area contributed by atoms with Crippen LogP contribution in [-0.2, 0) is 0 Å². The molecule has 2 nitrogen and oxygen atoms in total. The molecule has 2 heteroatoms. The van der Waals surface area contributed by atoms with Gasteiger partial charge in [0.15, 0.2) is 0 Å². The molecule has 0 saturated carbocycles. The van der Waals surface area contributed by atoms with E-state index in [-0.39, 0.29) is 5.78 Å². The van der Waals surface area contributed by atoms with Crippen molar-refractivity contribution in [1.82, 2.24) is 4.98 Å². The highest BCUT2D eigenvalue weighted by Crippen LogP contribution is 2.25. The van der Waals surface area contributed by atoms with E-state index < -0.39 is 0 Å². The molecule has 24 heavy (non-hydrogen) atoms. The Kier molecular flexibility index (Phi) is 4.66. The zero-order valence-electron chi connectivity index (χ0n) is 13.9. The van der Waals surface area contributed by atoms with Gasteiger partial charge in [0.25, 0.3) is 0 Å². The quantitative estimate of drug-likeness (QED) is 0.485. The van der Waals surface area contributed by atoms with Crippen LogP contribution in [0.25, 0.3) is 17.2 Å². The predicted octanol–water partition coefficient (Wildman–Crippen LogP) is 5.26. The molecule has 1 aromatic heterocycles. The fraction of sp³-hybridized carbons (Fsp3) is 0.0909. The smallest absolute Gasteiger partial charge is 0.204 e. The van der Waals surface area contributed by atoms with Crippen LogP contribution in [-0.4, -0.2) is 10.8 Å². The summed E-state index contributed by atoms with van der Waals surface area (Å²) in [6.07, 6.45) is 5.07. The lowest BCUT2D eigenvalue weighted by atomic mass is 9.98.